The van der Waals surface area contributed by atoms with Gasteiger partial charge >= 0.3 is 5.97 Å². The quantitative estimate of drug-likeness (QED) is 0.592. The molecular formula is C21H19FN2O4S. The zero-order valence-corrected chi connectivity index (χ0v) is 16.7. The van der Waals surface area contributed by atoms with Crippen LogP contribution in [0.15, 0.2) is 53.9 Å². The largest absolute Gasteiger partial charge is 0.497 e. The number of rotatable bonds is 7. The maximum atomic E-state index is 13.1. The second kappa shape index (κ2) is 9.29. The van der Waals surface area contributed by atoms with Gasteiger partial charge in [0, 0.05) is 10.9 Å². The Morgan fingerprint density at radius 1 is 1.10 bits per heavy atom. The van der Waals surface area contributed by atoms with Gasteiger partial charge in [-0.2, -0.15) is 0 Å². The number of halogens is 1. The lowest BCUT2D eigenvalue weighted by Gasteiger charge is -2.18. The predicted octanol–water partition coefficient (Wildman–Crippen LogP) is 3.99. The van der Waals surface area contributed by atoms with Gasteiger partial charge in [0.25, 0.3) is 5.91 Å². The summed E-state index contributed by atoms with van der Waals surface area (Å²) in [6, 6.07) is 12.4. The molecule has 1 aromatic heterocycles. The van der Waals surface area contributed by atoms with Crippen LogP contribution in [0.1, 0.15) is 28.5 Å². The molecular weight excluding hydrogens is 395 g/mol. The first-order valence-corrected chi connectivity index (χ1v) is 9.61. The topological polar surface area (TPSA) is 77.5 Å². The molecule has 1 heterocycles. The van der Waals surface area contributed by atoms with Gasteiger partial charge in [0.15, 0.2) is 0 Å². The highest BCUT2D eigenvalue weighted by Gasteiger charge is 2.21. The van der Waals surface area contributed by atoms with Crippen molar-refractivity contribution < 1.29 is 23.5 Å². The molecule has 6 nitrogen and oxygen atoms in total. The van der Waals surface area contributed by atoms with E-state index in [0.717, 1.165) is 11.1 Å². The molecule has 150 valence electrons. The average molecular weight is 414 g/mol. The van der Waals surface area contributed by atoms with Crippen molar-refractivity contribution in [3.63, 3.8) is 0 Å². The zero-order valence-electron chi connectivity index (χ0n) is 15.8. The van der Waals surface area contributed by atoms with Crippen LogP contribution in [-0.2, 0) is 9.53 Å². The van der Waals surface area contributed by atoms with Crippen molar-refractivity contribution in [2.75, 3.05) is 14.2 Å². The van der Waals surface area contributed by atoms with Gasteiger partial charge < -0.3 is 14.8 Å². The Hall–Kier alpha value is -3.26. The normalized spacial score (nSPS) is 11.6. The van der Waals surface area contributed by atoms with Crippen molar-refractivity contribution in [3.8, 4) is 16.3 Å². The lowest BCUT2D eigenvalue weighted by molar-refractivity contribution is -0.141. The molecule has 0 saturated heterocycles. The molecule has 0 spiro atoms. The van der Waals surface area contributed by atoms with Crippen molar-refractivity contribution in [2.24, 2.45) is 0 Å². The molecule has 1 unspecified atom stereocenters. The van der Waals surface area contributed by atoms with Gasteiger partial charge in [0.05, 0.1) is 26.7 Å². The van der Waals surface area contributed by atoms with Gasteiger partial charge in [0.1, 0.15) is 22.3 Å². The van der Waals surface area contributed by atoms with Gasteiger partial charge in [0.2, 0.25) is 0 Å². The van der Waals surface area contributed by atoms with E-state index in [4.69, 9.17) is 9.47 Å². The third-order valence-corrected chi connectivity index (χ3v) is 5.14. The number of amides is 1. The van der Waals surface area contributed by atoms with Gasteiger partial charge in [-0.25, -0.2) is 9.37 Å². The minimum Gasteiger partial charge on any atom is -0.497 e. The maximum absolute atomic E-state index is 13.1. The van der Waals surface area contributed by atoms with Gasteiger partial charge in [-0.1, -0.05) is 12.1 Å². The summed E-state index contributed by atoms with van der Waals surface area (Å²) in [5, 5.41) is 5.05. The first-order chi connectivity index (χ1) is 14.0. The summed E-state index contributed by atoms with van der Waals surface area (Å²) < 4.78 is 23.0. The van der Waals surface area contributed by atoms with Crippen LogP contribution in [0.4, 0.5) is 4.39 Å². The third-order valence-electron chi connectivity index (χ3n) is 4.25. The molecule has 1 amide bonds. The molecule has 29 heavy (non-hydrogen) atoms. The van der Waals surface area contributed by atoms with E-state index in [1.54, 1.807) is 48.9 Å². The molecule has 0 aliphatic carbocycles. The molecule has 0 bridgehead atoms. The number of benzene rings is 2. The highest BCUT2D eigenvalue weighted by molar-refractivity contribution is 7.13. The van der Waals surface area contributed by atoms with Crippen LogP contribution in [0.3, 0.4) is 0 Å². The predicted molar refractivity (Wildman–Crippen MR) is 107 cm³/mol. The molecule has 0 fully saturated rings. The van der Waals surface area contributed by atoms with E-state index < -0.39 is 17.9 Å². The number of aromatic nitrogens is 1. The second-order valence-corrected chi connectivity index (χ2v) is 6.98. The molecule has 8 heteroatoms. The molecule has 0 radical (unpaired) electrons. The van der Waals surface area contributed by atoms with E-state index in [9.17, 15) is 14.0 Å². The fourth-order valence-electron chi connectivity index (χ4n) is 2.67. The Kier molecular flexibility index (Phi) is 6.56. The average Bonchev–Trinajstić information content (AvgIpc) is 3.24. The molecule has 0 aliphatic rings. The fourth-order valence-corrected chi connectivity index (χ4v) is 3.48. The summed E-state index contributed by atoms with van der Waals surface area (Å²) in [6.45, 7) is 0. The van der Waals surface area contributed by atoms with Crippen LogP contribution in [0.25, 0.3) is 10.6 Å². The second-order valence-electron chi connectivity index (χ2n) is 6.12. The van der Waals surface area contributed by atoms with Crippen molar-refractivity contribution >= 4 is 23.2 Å². The van der Waals surface area contributed by atoms with Crippen LogP contribution < -0.4 is 10.1 Å². The number of hydrogen-bond donors (Lipinski definition) is 1. The summed E-state index contributed by atoms with van der Waals surface area (Å²) in [6.07, 6.45) is -0.0243. The van der Waals surface area contributed by atoms with Gasteiger partial charge in [-0.05, 0) is 42.0 Å². The summed E-state index contributed by atoms with van der Waals surface area (Å²) in [4.78, 5) is 28.9. The van der Waals surface area contributed by atoms with E-state index in [1.165, 1.54) is 30.6 Å². The number of esters is 1. The van der Waals surface area contributed by atoms with Crippen molar-refractivity contribution in [1.29, 1.82) is 0 Å². The molecule has 1 N–H and O–H groups in total. The highest BCUT2D eigenvalue weighted by Crippen LogP contribution is 2.25. The summed E-state index contributed by atoms with van der Waals surface area (Å²) >= 11 is 1.28. The molecule has 3 rings (SSSR count). The minimum atomic E-state index is -0.586. The van der Waals surface area contributed by atoms with E-state index in [2.05, 4.69) is 10.3 Å². The number of nitrogens with one attached hydrogen (secondary N) is 1. The van der Waals surface area contributed by atoms with Crippen LogP contribution in [0, 0.1) is 5.82 Å². The minimum absolute atomic E-state index is 0.0243. The number of hydrogen-bond acceptors (Lipinski definition) is 6. The monoisotopic (exact) mass is 414 g/mol. The summed E-state index contributed by atoms with van der Waals surface area (Å²) in [5.74, 6) is -0.538. The Morgan fingerprint density at radius 3 is 2.41 bits per heavy atom. The molecule has 0 saturated carbocycles. The third kappa shape index (κ3) is 5.17. The van der Waals surface area contributed by atoms with E-state index >= 15 is 0 Å². The highest BCUT2D eigenvalue weighted by atomic mass is 32.1. The van der Waals surface area contributed by atoms with Crippen molar-refractivity contribution in [3.05, 3.63) is 71.0 Å². The Balaban J connectivity index is 1.78. The number of carbonyl (C=O) groups is 2. The fraction of sp³-hybridized carbons (Fsp3) is 0.190. The Bertz CT molecular complexity index is 987. The summed E-state index contributed by atoms with van der Waals surface area (Å²) in [5.41, 5.74) is 1.67. The van der Waals surface area contributed by atoms with Crippen LogP contribution in [0.2, 0.25) is 0 Å². The van der Waals surface area contributed by atoms with Crippen molar-refractivity contribution in [1.82, 2.24) is 10.3 Å². The molecule has 1 atom stereocenters. The lowest BCUT2D eigenvalue weighted by Crippen LogP contribution is -2.30. The van der Waals surface area contributed by atoms with E-state index in [1.807, 2.05) is 0 Å². The van der Waals surface area contributed by atoms with Crippen LogP contribution in [-0.4, -0.2) is 31.1 Å². The first kappa shape index (κ1) is 20.5. The Labute approximate surface area is 171 Å². The SMILES string of the molecule is COC(=O)CC(NC(=O)c1csc(-c2ccc(F)cc2)n1)c1ccc(OC)cc1. The number of ether oxygens (including phenoxy) is 2. The van der Waals surface area contributed by atoms with Gasteiger partial charge in [-0.15, -0.1) is 11.3 Å². The number of methoxy groups -OCH3 is 2. The zero-order chi connectivity index (χ0) is 20.8. The smallest absolute Gasteiger partial charge is 0.307 e. The standard InChI is InChI=1S/C21H19FN2O4S/c1-27-16-9-5-13(6-10-16)17(11-19(25)28-2)23-20(26)18-12-29-21(24-18)14-3-7-15(22)8-4-14/h3-10,12,17H,11H2,1-2H3,(H,23,26). The number of nitrogens with zero attached hydrogens (tertiary/aromatic N) is 1. The van der Waals surface area contributed by atoms with E-state index in [-0.39, 0.29) is 17.9 Å². The molecule has 3 aromatic rings. The molecule has 0 aliphatic heterocycles. The van der Waals surface area contributed by atoms with Crippen molar-refractivity contribution in [2.45, 2.75) is 12.5 Å². The van der Waals surface area contributed by atoms with Crippen LogP contribution >= 0.6 is 11.3 Å². The van der Waals surface area contributed by atoms with Crippen LogP contribution in [0.5, 0.6) is 5.75 Å². The Morgan fingerprint density at radius 2 is 1.79 bits per heavy atom. The maximum Gasteiger partial charge on any atom is 0.307 e. The number of thiazole rings is 1. The first-order valence-electron chi connectivity index (χ1n) is 8.73. The summed E-state index contributed by atoms with van der Waals surface area (Å²) in [7, 11) is 2.86. The number of carbonyl (C=O) groups excluding carboxylic acids is 2. The molecule has 2 aromatic carbocycles. The van der Waals surface area contributed by atoms with Gasteiger partial charge in [-0.3, -0.25) is 9.59 Å². The van der Waals surface area contributed by atoms with E-state index in [0.29, 0.717) is 10.8 Å². The lowest BCUT2D eigenvalue weighted by atomic mass is 10.0.